The summed E-state index contributed by atoms with van der Waals surface area (Å²) in [6.45, 7) is 0. The second-order valence-corrected chi connectivity index (χ2v) is 9.76. The summed E-state index contributed by atoms with van der Waals surface area (Å²) in [6.07, 6.45) is 0. The van der Waals surface area contributed by atoms with Crippen molar-refractivity contribution < 1.29 is 0 Å². The van der Waals surface area contributed by atoms with E-state index in [0.29, 0.717) is 10.1 Å². The molecule has 0 saturated carbocycles. The van der Waals surface area contributed by atoms with Crippen molar-refractivity contribution >= 4 is 65.1 Å². The van der Waals surface area contributed by atoms with Gasteiger partial charge in [-0.2, -0.15) is 0 Å². The van der Waals surface area contributed by atoms with Crippen molar-refractivity contribution in [1.82, 2.24) is 4.57 Å². The molecule has 3 nitrogen and oxygen atoms in total. The number of hydrogen-bond donors (Lipinski definition) is 2. The number of hydrogen-bond acceptors (Lipinski definition) is 4. The van der Waals surface area contributed by atoms with Crippen LogP contribution in [0.2, 0.25) is 0 Å². The van der Waals surface area contributed by atoms with Crippen LogP contribution in [0.3, 0.4) is 0 Å². The molecule has 2 N–H and O–H groups in total. The number of nitrogens with zero attached hydrogens (tertiary/aromatic N) is 1. The number of thioether (sulfide) groups is 1. The van der Waals surface area contributed by atoms with Gasteiger partial charge < -0.3 is 4.57 Å². The number of fused-ring (bicyclic) bond motifs is 5. The van der Waals surface area contributed by atoms with Gasteiger partial charge in [-0.3, -0.25) is 10.8 Å². The van der Waals surface area contributed by atoms with Crippen LogP contribution >= 0.6 is 23.1 Å². The second-order valence-electron chi connectivity index (χ2n) is 7.83. The van der Waals surface area contributed by atoms with E-state index in [-0.39, 0.29) is 0 Å². The van der Waals surface area contributed by atoms with Crippen molar-refractivity contribution in [2.45, 2.75) is 0 Å². The van der Waals surface area contributed by atoms with Crippen LogP contribution in [0, 0.1) is 10.8 Å². The highest BCUT2D eigenvalue weighted by molar-refractivity contribution is 8.27. The van der Waals surface area contributed by atoms with Gasteiger partial charge in [0.15, 0.2) is 0 Å². The lowest BCUT2D eigenvalue weighted by molar-refractivity contribution is 1.18. The van der Waals surface area contributed by atoms with Gasteiger partial charge in [-0.05, 0) is 41.1 Å². The summed E-state index contributed by atoms with van der Waals surface area (Å²) in [6, 6.07) is 32.7. The molecule has 33 heavy (non-hydrogen) atoms. The molecular formula is C28H19N3S2. The minimum Gasteiger partial charge on any atom is -0.309 e. The van der Waals surface area contributed by atoms with E-state index in [1.54, 1.807) is 11.3 Å². The topological polar surface area (TPSA) is 52.6 Å². The molecule has 0 aliphatic heterocycles. The van der Waals surface area contributed by atoms with E-state index >= 15 is 0 Å². The van der Waals surface area contributed by atoms with Gasteiger partial charge in [0.05, 0.1) is 11.0 Å². The van der Waals surface area contributed by atoms with Crippen molar-refractivity contribution in [3.05, 3.63) is 114 Å². The summed E-state index contributed by atoms with van der Waals surface area (Å²) >= 11 is 2.96. The van der Waals surface area contributed by atoms with Crippen molar-refractivity contribution in [3.63, 3.8) is 0 Å². The molecule has 0 aliphatic carbocycles. The van der Waals surface area contributed by atoms with Gasteiger partial charge in [0.1, 0.15) is 10.1 Å². The molecular weight excluding hydrogens is 442 g/mol. The lowest BCUT2D eigenvalue weighted by Crippen LogP contribution is -2.02. The van der Waals surface area contributed by atoms with Crippen molar-refractivity contribution in [1.29, 1.82) is 10.8 Å². The fourth-order valence-corrected chi connectivity index (χ4v) is 6.01. The first kappa shape index (κ1) is 20.0. The summed E-state index contributed by atoms with van der Waals surface area (Å²) in [7, 11) is 0. The number of para-hydroxylation sites is 1. The molecule has 0 saturated heterocycles. The fourth-order valence-electron chi connectivity index (χ4n) is 4.35. The number of thiophene rings is 1. The summed E-state index contributed by atoms with van der Waals surface area (Å²) in [5.41, 5.74) is 4.97. The highest BCUT2D eigenvalue weighted by atomic mass is 32.2. The summed E-state index contributed by atoms with van der Waals surface area (Å²) < 4.78 is 3.59. The Morgan fingerprint density at radius 3 is 2.33 bits per heavy atom. The Labute approximate surface area is 199 Å². The van der Waals surface area contributed by atoms with Crippen LogP contribution in [0.5, 0.6) is 0 Å². The van der Waals surface area contributed by atoms with Crippen LogP contribution in [0.25, 0.3) is 37.6 Å². The predicted molar refractivity (Wildman–Crippen MR) is 144 cm³/mol. The fraction of sp³-hybridized carbons (Fsp3) is 0. The number of rotatable bonds is 3. The van der Waals surface area contributed by atoms with E-state index in [9.17, 15) is 0 Å². The number of benzene rings is 4. The van der Waals surface area contributed by atoms with Gasteiger partial charge in [-0.1, -0.05) is 78.5 Å². The van der Waals surface area contributed by atoms with Crippen LogP contribution in [0.4, 0.5) is 0 Å². The first-order valence-corrected chi connectivity index (χ1v) is 12.3. The smallest absolute Gasteiger partial charge is 0.101 e. The monoisotopic (exact) mass is 461 g/mol. The third-order valence-electron chi connectivity index (χ3n) is 5.86. The highest BCUT2D eigenvalue weighted by Gasteiger charge is 2.16. The lowest BCUT2D eigenvalue weighted by Gasteiger charge is -2.11. The molecule has 0 atom stereocenters. The van der Waals surface area contributed by atoms with E-state index < -0.39 is 0 Å². The second kappa shape index (κ2) is 8.03. The van der Waals surface area contributed by atoms with Crippen LogP contribution < -0.4 is 0 Å². The third kappa shape index (κ3) is 3.37. The summed E-state index contributed by atoms with van der Waals surface area (Å²) in [5.74, 6) is 0. The van der Waals surface area contributed by atoms with Gasteiger partial charge in [-0.15, -0.1) is 11.3 Å². The molecule has 0 aliphatic rings. The van der Waals surface area contributed by atoms with E-state index in [2.05, 4.69) is 64.5 Å². The largest absolute Gasteiger partial charge is 0.309 e. The van der Waals surface area contributed by atoms with Crippen LogP contribution in [0.1, 0.15) is 11.1 Å². The highest BCUT2D eigenvalue weighted by Crippen LogP contribution is 2.39. The Balaban J connectivity index is 1.47. The zero-order valence-electron chi connectivity index (χ0n) is 17.6. The van der Waals surface area contributed by atoms with Crippen LogP contribution in [-0.4, -0.2) is 14.7 Å². The lowest BCUT2D eigenvalue weighted by atomic mass is 10.1. The first-order valence-electron chi connectivity index (χ1n) is 10.6. The van der Waals surface area contributed by atoms with E-state index in [1.807, 2.05) is 42.5 Å². The van der Waals surface area contributed by atoms with E-state index in [0.717, 1.165) is 22.3 Å². The van der Waals surface area contributed by atoms with Crippen LogP contribution in [0.15, 0.2) is 102 Å². The van der Waals surface area contributed by atoms with Crippen molar-refractivity contribution in [2.24, 2.45) is 0 Å². The SMILES string of the molecule is N=C(SC(=N)c1cccc(-n2c3ccccc3c3c4sccc4ccc32)c1)c1ccccc1. The Kier molecular flexibility index (Phi) is 4.86. The molecule has 4 aromatic carbocycles. The maximum absolute atomic E-state index is 8.66. The normalized spacial score (nSPS) is 11.4. The molecule has 0 fully saturated rings. The molecule has 2 aromatic heterocycles. The molecule has 0 unspecified atom stereocenters. The predicted octanol–water partition coefficient (Wildman–Crippen LogP) is 8.08. The summed E-state index contributed by atoms with van der Waals surface area (Å²) in [4.78, 5) is 0. The molecule has 6 rings (SSSR count). The number of aromatic nitrogens is 1. The third-order valence-corrected chi connectivity index (χ3v) is 7.69. The van der Waals surface area contributed by atoms with Gasteiger partial charge in [-0.25, -0.2) is 0 Å². The maximum Gasteiger partial charge on any atom is 0.101 e. The van der Waals surface area contributed by atoms with E-state index in [1.165, 1.54) is 38.1 Å². The zero-order chi connectivity index (χ0) is 22.4. The van der Waals surface area contributed by atoms with Gasteiger partial charge in [0.2, 0.25) is 0 Å². The van der Waals surface area contributed by atoms with Crippen molar-refractivity contribution in [3.8, 4) is 5.69 Å². The average Bonchev–Trinajstić information content (AvgIpc) is 3.47. The molecule has 0 amide bonds. The standard InChI is InChI=1S/C28H19N3S2/c29-27(19-7-2-1-3-8-19)33-28(30)20-9-6-10-21(17-20)31-23-12-5-4-11-22(23)25-24(31)14-13-18-15-16-32-26(18)25/h1-17,29-30H. The van der Waals surface area contributed by atoms with E-state index in [4.69, 9.17) is 10.8 Å². The Morgan fingerprint density at radius 2 is 1.45 bits per heavy atom. The Bertz CT molecular complexity index is 1680. The minimum atomic E-state index is 0.368. The summed E-state index contributed by atoms with van der Waals surface area (Å²) in [5, 5.41) is 23.7. The van der Waals surface area contributed by atoms with Gasteiger partial charge >= 0.3 is 0 Å². The first-order chi connectivity index (χ1) is 16.2. The number of nitrogens with one attached hydrogen (secondary N) is 2. The van der Waals surface area contributed by atoms with Crippen LogP contribution in [-0.2, 0) is 0 Å². The molecule has 2 heterocycles. The van der Waals surface area contributed by atoms with Gasteiger partial charge in [0, 0.05) is 32.3 Å². The molecule has 6 aromatic rings. The Hall–Kier alpha value is -3.67. The Morgan fingerprint density at radius 1 is 0.697 bits per heavy atom. The molecule has 158 valence electrons. The zero-order valence-corrected chi connectivity index (χ0v) is 19.2. The van der Waals surface area contributed by atoms with Crippen molar-refractivity contribution in [2.75, 3.05) is 0 Å². The minimum absolute atomic E-state index is 0.368. The quantitative estimate of drug-likeness (QED) is 0.203. The molecule has 5 heteroatoms. The average molecular weight is 462 g/mol. The molecule has 0 spiro atoms. The molecule has 0 bridgehead atoms. The van der Waals surface area contributed by atoms with Gasteiger partial charge in [0.25, 0.3) is 0 Å². The molecule has 0 radical (unpaired) electrons. The maximum atomic E-state index is 8.66.